The van der Waals surface area contributed by atoms with Crippen molar-refractivity contribution in [2.45, 2.75) is 6.92 Å². The standard InChI is InChI=1S/C20H13F2N3O2S/c1-11-13(7-17(28-11)16-9-23-10-27-16)12-5-6-18(24-8-12)25-20(26)19-14(21)3-2-4-15(19)22/h2-10H,1H3,(H,24,25,26). The van der Waals surface area contributed by atoms with Crippen LogP contribution >= 0.6 is 11.3 Å². The second-order valence-electron chi connectivity index (χ2n) is 5.93. The van der Waals surface area contributed by atoms with Crippen molar-refractivity contribution in [3.63, 3.8) is 0 Å². The van der Waals surface area contributed by atoms with Gasteiger partial charge in [0.25, 0.3) is 5.91 Å². The Balaban J connectivity index is 1.56. The van der Waals surface area contributed by atoms with Crippen LogP contribution in [0.4, 0.5) is 14.6 Å². The van der Waals surface area contributed by atoms with Gasteiger partial charge in [0.15, 0.2) is 12.2 Å². The summed E-state index contributed by atoms with van der Waals surface area (Å²) in [6.07, 6.45) is 4.61. The topological polar surface area (TPSA) is 68.0 Å². The van der Waals surface area contributed by atoms with Crippen LogP contribution in [0.15, 0.2) is 59.6 Å². The number of amides is 1. The Labute approximate surface area is 162 Å². The normalized spacial score (nSPS) is 10.8. The maximum absolute atomic E-state index is 13.7. The molecule has 0 spiro atoms. The van der Waals surface area contributed by atoms with Gasteiger partial charge in [-0.3, -0.25) is 4.79 Å². The highest BCUT2D eigenvalue weighted by Crippen LogP contribution is 2.36. The minimum Gasteiger partial charge on any atom is -0.443 e. The van der Waals surface area contributed by atoms with Crippen molar-refractivity contribution in [1.29, 1.82) is 0 Å². The van der Waals surface area contributed by atoms with Crippen LogP contribution in [-0.2, 0) is 0 Å². The van der Waals surface area contributed by atoms with Crippen molar-refractivity contribution in [3.8, 4) is 21.8 Å². The molecule has 1 amide bonds. The summed E-state index contributed by atoms with van der Waals surface area (Å²) in [5.41, 5.74) is 1.18. The number of oxazole rings is 1. The number of anilines is 1. The van der Waals surface area contributed by atoms with Crippen molar-refractivity contribution < 1.29 is 18.0 Å². The number of aromatic nitrogens is 2. The van der Waals surface area contributed by atoms with Crippen LogP contribution in [0.1, 0.15) is 15.2 Å². The zero-order valence-corrected chi connectivity index (χ0v) is 15.4. The molecule has 4 aromatic rings. The Morgan fingerprint density at radius 2 is 1.93 bits per heavy atom. The zero-order valence-electron chi connectivity index (χ0n) is 14.6. The number of rotatable bonds is 4. The molecule has 1 N–H and O–H groups in total. The maximum atomic E-state index is 13.7. The van der Waals surface area contributed by atoms with Crippen LogP contribution in [0.5, 0.6) is 0 Å². The summed E-state index contributed by atoms with van der Waals surface area (Å²) in [7, 11) is 0. The summed E-state index contributed by atoms with van der Waals surface area (Å²) in [5, 5.41) is 2.41. The molecule has 0 aliphatic carbocycles. The molecule has 140 valence electrons. The average molecular weight is 397 g/mol. The summed E-state index contributed by atoms with van der Waals surface area (Å²) < 4.78 is 32.8. The van der Waals surface area contributed by atoms with Gasteiger partial charge in [0.1, 0.15) is 23.0 Å². The van der Waals surface area contributed by atoms with Crippen LogP contribution in [0.2, 0.25) is 0 Å². The minimum atomic E-state index is -0.928. The van der Waals surface area contributed by atoms with Gasteiger partial charge in [-0.1, -0.05) is 6.07 Å². The predicted octanol–water partition coefficient (Wildman–Crippen LogP) is 5.30. The molecule has 0 bridgehead atoms. The SMILES string of the molecule is Cc1sc(-c2cnco2)cc1-c1ccc(NC(=O)c2c(F)cccc2F)nc1. The van der Waals surface area contributed by atoms with E-state index in [0.29, 0.717) is 5.76 Å². The molecule has 8 heteroatoms. The van der Waals surface area contributed by atoms with Gasteiger partial charge in [-0.2, -0.15) is 0 Å². The van der Waals surface area contributed by atoms with Crippen molar-refractivity contribution in [2.75, 3.05) is 5.32 Å². The Hall–Kier alpha value is -3.39. The van der Waals surface area contributed by atoms with E-state index in [0.717, 1.165) is 33.0 Å². The Kier molecular flexibility index (Phi) is 4.70. The molecule has 0 saturated carbocycles. The van der Waals surface area contributed by atoms with E-state index in [1.165, 1.54) is 12.5 Å². The van der Waals surface area contributed by atoms with E-state index >= 15 is 0 Å². The lowest BCUT2D eigenvalue weighted by atomic mass is 10.1. The van der Waals surface area contributed by atoms with Gasteiger partial charge in [-0.25, -0.2) is 18.7 Å². The van der Waals surface area contributed by atoms with Crippen LogP contribution in [0, 0.1) is 18.6 Å². The van der Waals surface area contributed by atoms with Crippen LogP contribution in [0.3, 0.4) is 0 Å². The largest absolute Gasteiger partial charge is 0.443 e. The van der Waals surface area contributed by atoms with E-state index in [4.69, 9.17) is 4.42 Å². The number of hydrogen-bond acceptors (Lipinski definition) is 5. The molecule has 0 fully saturated rings. The van der Waals surface area contributed by atoms with Gasteiger partial charge in [0.05, 0.1) is 11.1 Å². The second-order valence-corrected chi connectivity index (χ2v) is 7.19. The fourth-order valence-corrected chi connectivity index (χ4v) is 3.74. The molecule has 1 aromatic carbocycles. The Bertz CT molecular complexity index is 1120. The number of halogens is 2. The molecule has 0 radical (unpaired) electrons. The number of thiophene rings is 1. The molecule has 0 aliphatic rings. The fraction of sp³-hybridized carbons (Fsp3) is 0.0500. The first-order chi connectivity index (χ1) is 13.5. The summed E-state index contributed by atoms with van der Waals surface area (Å²) in [4.78, 5) is 22.3. The first-order valence-corrected chi connectivity index (χ1v) is 9.05. The van der Waals surface area contributed by atoms with Gasteiger partial charge in [-0.05, 0) is 42.8 Å². The molecule has 0 atom stereocenters. The molecule has 0 aliphatic heterocycles. The average Bonchev–Trinajstić information content (AvgIpc) is 3.32. The molecule has 0 saturated heterocycles. The number of carbonyl (C=O) groups is 1. The number of pyridine rings is 1. The van der Waals surface area contributed by atoms with E-state index in [2.05, 4.69) is 15.3 Å². The quantitative estimate of drug-likeness (QED) is 0.507. The fourth-order valence-electron chi connectivity index (χ4n) is 2.75. The number of benzene rings is 1. The van der Waals surface area contributed by atoms with E-state index in [-0.39, 0.29) is 5.82 Å². The summed E-state index contributed by atoms with van der Waals surface area (Å²) in [5.74, 6) is -1.87. The number of nitrogens with one attached hydrogen (secondary N) is 1. The van der Waals surface area contributed by atoms with Crippen molar-refractivity contribution >= 4 is 23.1 Å². The van der Waals surface area contributed by atoms with Crippen molar-refractivity contribution in [1.82, 2.24) is 9.97 Å². The minimum absolute atomic E-state index is 0.194. The van der Waals surface area contributed by atoms with Gasteiger partial charge in [-0.15, -0.1) is 11.3 Å². The van der Waals surface area contributed by atoms with Crippen molar-refractivity contribution in [3.05, 3.63) is 77.3 Å². The highest BCUT2D eigenvalue weighted by molar-refractivity contribution is 7.15. The lowest BCUT2D eigenvalue weighted by Crippen LogP contribution is -2.16. The molecule has 0 unspecified atom stereocenters. The van der Waals surface area contributed by atoms with Gasteiger partial charge in [0, 0.05) is 16.6 Å². The highest BCUT2D eigenvalue weighted by Gasteiger charge is 2.18. The van der Waals surface area contributed by atoms with Crippen LogP contribution < -0.4 is 5.32 Å². The number of nitrogens with zero attached hydrogens (tertiary/aromatic N) is 2. The summed E-state index contributed by atoms with van der Waals surface area (Å²) >= 11 is 1.57. The van der Waals surface area contributed by atoms with Crippen molar-refractivity contribution in [2.24, 2.45) is 0 Å². The Morgan fingerprint density at radius 3 is 2.57 bits per heavy atom. The third kappa shape index (κ3) is 3.41. The van der Waals surface area contributed by atoms with E-state index in [1.807, 2.05) is 13.0 Å². The molecule has 5 nitrogen and oxygen atoms in total. The van der Waals surface area contributed by atoms with Crippen LogP contribution in [0.25, 0.3) is 21.8 Å². The molecule has 4 rings (SSSR count). The molecular formula is C20H13F2N3O2S. The van der Waals surface area contributed by atoms with Crippen LogP contribution in [-0.4, -0.2) is 15.9 Å². The number of hydrogen-bond donors (Lipinski definition) is 1. The summed E-state index contributed by atoms with van der Waals surface area (Å²) in [6.45, 7) is 1.98. The van der Waals surface area contributed by atoms with E-state index in [9.17, 15) is 13.6 Å². The predicted molar refractivity (Wildman–Crippen MR) is 102 cm³/mol. The first-order valence-electron chi connectivity index (χ1n) is 8.24. The first kappa shape index (κ1) is 18.0. The smallest absolute Gasteiger partial charge is 0.262 e. The summed E-state index contributed by atoms with van der Waals surface area (Å²) in [6, 6.07) is 8.59. The Morgan fingerprint density at radius 1 is 1.14 bits per heavy atom. The molecule has 3 aromatic heterocycles. The number of carbonyl (C=O) groups excluding carboxylic acids is 1. The molecule has 3 heterocycles. The third-order valence-corrected chi connectivity index (χ3v) is 5.16. The maximum Gasteiger partial charge on any atom is 0.262 e. The van der Waals surface area contributed by atoms with E-state index < -0.39 is 23.1 Å². The highest BCUT2D eigenvalue weighted by atomic mass is 32.1. The monoisotopic (exact) mass is 397 g/mol. The molecule has 28 heavy (non-hydrogen) atoms. The zero-order chi connectivity index (χ0) is 19.7. The lowest BCUT2D eigenvalue weighted by molar-refractivity contribution is 0.101. The van der Waals surface area contributed by atoms with Gasteiger partial charge >= 0.3 is 0 Å². The molecular weight excluding hydrogens is 384 g/mol. The number of aryl methyl sites for hydroxylation is 1. The lowest BCUT2D eigenvalue weighted by Gasteiger charge is -2.07. The van der Waals surface area contributed by atoms with E-state index in [1.54, 1.807) is 35.9 Å². The second kappa shape index (κ2) is 7.32. The van der Waals surface area contributed by atoms with Gasteiger partial charge in [0.2, 0.25) is 0 Å². The third-order valence-electron chi connectivity index (χ3n) is 4.10. The van der Waals surface area contributed by atoms with Gasteiger partial charge < -0.3 is 9.73 Å².